The Morgan fingerprint density at radius 1 is 1.40 bits per heavy atom. The molecule has 20 heavy (non-hydrogen) atoms. The fourth-order valence-electron chi connectivity index (χ4n) is 2.34. The Morgan fingerprint density at radius 3 is 2.80 bits per heavy atom. The number of hydrogen-bond donors (Lipinski definition) is 1. The number of hydrogen-bond acceptors (Lipinski definition) is 3. The molecule has 2 aromatic heterocycles. The van der Waals surface area contributed by atoms with Gasteiger partial charge in [0.2, 0.25) is 0 Å². The zero-order valence-corrected chi connectivity index (χ0v) is 12.3. The first-order chi connectivity index (χ1) is 9.49. The average Bonchev–Trinajstić information content (AvgIpc) is 2.72. The van der Waals surface area contributed by atoms with Crippen LogP contribution in [-0.4, -0.2) is 25.6 Å². The van der Waals surface area contributed by atoms with Crippen molar-refractivity contribution in [1.29, 1.82) is 0 Å². The Hall–Kier alpha value is -1.91. The Kier molecular flexibility index (Phi) is 4.37. The molecule has 0 aliphatic carbocycles. The number of aryl methyl sites for hydroxylation is 2. The Labute approximate surface area is 118 Å². The van der Waals surface area contributed by atoms with Crippen LogP contribution in [0.4, 0.5) is 0 Å². The van der Waals surface area contributed by atoms with Crippen LogP contribution in [0.1, 0.15) is 50.4 Å². The maximum atomic E-state index is 10.6. The van der Waals surface area contributed by atoms with Gasteiger partial charge in [-0.3, -0.25) is 4.79 Å². The maximum Gasteiger partial charge on any atom is 0.303 e. The van der Waals surface area contributed by atoms with E-state index < -0.39 is 5.97 Å². The minimum absolute atomic E-state index is 0.218. The lowest BCUT2D eigenvalue weighted by atomic mass is 10.2. The summed E-state index contributed by atoms with van der Waals surface area (Å²) in [5, 5.41) is 8.68. The summed E-state index contributed by atoms with van der Waals surface area (Å²) >= 11 is 0. The van der Waals surface area contributed by atoms with E-state index in [4.69, 9.17) is 5.11 Å². The first kappa shape index (κ1) is 14.5. The van der Waals surface area contributed by atoms with Gasteiger partial charge >= 0.3 is 5.97 Å². The van der Waals surface area contributed by atoms with Crippen LogP contribution >= 0.6 is 0 Å². The Bertz CT molecular complexity index is 617. The highest BCUT2D eigenvalue weighted by Gasteiger charge is 2.14. The lowest BCUT2D eigenvalue weighted by molar-refractivity contribution is -0.137. The number of aromatic nitrogens is 3. The third kappa shape index (κ3) is 3.15. The van der Waals surface area contributed by atoms with Crippen molar-refractivity contribution in [3.8, 4) is 0 Å². The third-order valence-corrected chi connectivity index (χ3v) is 3.29. The Morgan fingerprint density at radius 2 is 2.15 bits per heavy atom. The van der Waals surface area contributed by atoms with Crippen molar-refractivity contribution < 1.29 is 9.90 Å². The number of unbranched alkanes of at least 4 members (excludes halogenated alkanes) is 1. The molecule has 5 nitrogen and oxygen atoms in total. The number of fused-ring (bicyclic) bond motifs is 1. The molecule has 108 valence electrons. The summed E-state index contributed by atoms with van der Waals surface area (Å²) in [7, 11) is 0. The molecule has 1 N–H and O–H groups in total. The monoisotopic (exact) mass is 275 g/mol. The highest BCUT2D eigenvalue weighted by Crippen LogP contribution is 2.21. The van der Waals surface area contributed by atoms with Crippen LogP contribution in [0.5, 0.6) is 0 Å². The van der Waals surface area contributed by atoms with Gasteiger partial charge in [-0.05, 0) is 31.4 Å². The topological polar surface area (TPSA) is 68.0 Å². The second kappa shape index (κ2) is 6.03. The number of carboxylic acids is 1. The van der Waals surface area contributed by atoms with Gasteiger partial charge in [0.1, 0.15) is 11.3 Å². The standard InChI is InChI=1S/C15H21N3O2/c1-10(2)14-17-12-8-11(3)9-16-15(12)18(14)7-5-4-6-13(19)20/h8-10H,4-7H2,1-3H3,(H,19,20). The number of imidazole rings is 1. The molecule has 0 aromatic carbocycles. The summed E-state index contributed by atoms with van der Waals surface area (Å²) in [6.45, 7) is 7.00. The van der Waals surface area contributed by atoms with E-state index in [1.807, 2.05) is 19.2 Å². The predicted octanol–water partition coefficient (Wildman–Crippen LogP) is 3.12. The van der Waals surface area contributed by atoms with Crippen molar-refractivity contribution in [2.75, 3.05) is 0 Å². The molecule has 0 atom stereocenters. The zero-order valence-electron chi connectivity index (χ0n) is 12.3. The summed E-state index contributed by atoms with van der Waals surface area (Å²) < 4.78 is 2.13. The fourth-order valence-corrected chi connectivity index (χ4v) is 2.34. The largest absolute Gasteiger partial charge is 0.481 e. The van der Waals surface area contributed by atoms with Crippen molar-refractivity contribution in [3.63, 3.8) is 0 Å². The lowest BCUT2D eigenvalue weighted by Crippen LogP contribution is -2.07. The normalized spacial score (nSPS) is 11.4. The van der Waals surface area contributed by atoms with Crippen molar-refractivity contribution in [3.05, 3.63) is 23.7 Å². The zero-order chi connectivity index (χ0) is 14.7. The molecule has 2 aromatic rings. The fraction of sp³-hybridized carbons (Fsp3) is 0.533. The predicted molar refractivity (Wildman–Crippen MR) is 77.8 cm³/mol. The number of pyridine rings is 1. The summed E-state index contributed by atoms with van der Waals surface area (Å²) in [6, 6.07) is 2.04. The van der Waals surface area contributed by atoms with Crippen LogP contribution in [0.25, 0.3) is 11.2 Å². The molecule has 0 unspecified atom stereocenters. The van der Waals surface area contributed by atoms with E-state index in [-0.39, 0.29) is 6.42 Å². The van der Waals surface area contributed by atoms with Crippen molar-refractivity contribution in [1.82, 2.24) is 14.5 Å². The maximum absolute atomic E-state index is 10.6. The van der Waals surface area contributed by atoms with Gasteiger partial charge in [0.25, 0.3) is 0 Å². The number of nitrogens with zero attached hydrogens (tertiary/aromatic N) is 3. The smallest absolute Gasteiger partial charge is 0.303 e. The van der Waals surface area contributed by atoms with Gasteiger partial charge < -0.3 is 9.67 Å². The van der Waals surface area contributed by atoms with E-state index in [2.05, 4.69) is 28.4 Å². The lowest BCUT2D eigenvalue weighted by Gasteiger charge is -2.10. The highest BCUT2D eigenvalue weighted by atomic mass is 16.4. The Balaban J connectivity index is 2.24. The van der Waals surface area contributed by atoms with Crippen LogP contribution in [0.3, 0.4) is 0 Å². The molecule has 0 aliphatic heterocycles. The van der Waals surface area contributed by atoms with Gasteiger partial charge in [-0.1, -0.05) is 13.8 Å². The van der Waals surface area contributed by atoms with Gasteiger partial charge in [-0.25, -0.2) is 9.97 Å². The summed E-state index contributed by atoms with van der Waals surface area (Å²) in [6.07, 6.45) is 3.57. The highest BCUT2D eigenvalue weighted by molar-refractivity contribution is 5.72. The SMILES string of the molecule is Cc1cnc2c(c1)nc(C(C)C)n2CCCCC(=O)O. The minimum Gasteiger partial charge on any atom is -0.481 e. The van der Waals surface area contributed by atoms with Gasteiger partial charge in [0, 0.05) is 25.1 Å². The quantitative estimate of drug-likeness (QED) is 0.822. The summed E-state index contributed by atoms with van der Waals surface area (Å²) in [5.74, 6) is 0.607. The molecular weight excluding hydrogens is 254 g/mol. The van der Waals surface area contributed by atoms with Crippen LogP contribution < -0.4 is 0 Å². The molecule has 0 aliphatic rings. The average molecular weight is 275 g/mol. The first-order valence-electron chi connectivity index (χ1n) is 7.03. The second-order valence-electron chi connectivity index (χ2n) is 5.48. The molecule has 2 rings (SSSR count). The summed E-state index contributed by atoms with van der Waals surface area (Å²) in [4.78, 5) is 19.7. The minimum atomic E-state index is -0.738. The first-order valence-corrected chi connectivity index (χ1v) is 7.03. The van der Waals surface area contributed by atoms with E-state index in [9.17, 15) is 4.79 Å². The van der Waals surface area contributed by atoms with Gasteiger partial charge in [-0.2, -0.15) is 0 Å². The van der Waals surface area contributed by atoms with Crippen LogP contribution in [0, 0.1) is 6.92 Å². The van der Waals surface area contributed by atoms with Crippen molar-refractivity contribution >= 4 is 17.1 Å². The molecule has 0 fully saturated rings. The van der Waals surface area contributed by atoms with E-state index in [0.717, 1.165) is 35.5 Å². The third-order valence-electron chi connectivity index (χ3n) is 3.29. The van der Waals surface area contributed by atoms with Crippen molar-refractivity contribution in [2.45, 2.75) is 52.5 Å². The molecule has 0 amide bonds. The number of aliphatic carboxylic acids is 1. The van der Waals surface area contributed by atoms with E-state index in [0.29, 0.717) is 12.3 Å². The molecule has 5 heteroatoms. The molecule has 0 spiro atoms. The second-order valence-corrected chi connectivity index (χ2v) is 5.48. The number of carbonyl (C=O) groups is 1. The van der Waals surface area contributed by atoms with Crippen molar-refractivity contribution in [2.24, 2.45) is 0 Å². The van der Waals surface area contributed by atoms with E-state index >= 15 is 0 Å². The molecule has 0 radical (unpaired) electrons. The van der Waals surface area contributed by atoms with Gasteiger partial charge in [-0.15, -0.1) is 0 Å². The molecule has 2 heterocycles. The number of carboxylic acid groups (broad SMARTS) is 1. The molecule has 0 bridgehead atoms. The van der Waals surface area contributed by atoms with Gasteiger partial charge in [0.05, 0.1) is 0 Å². The van der Waals surface area contributed by atoms with E-state index in [1.54, 1.807) is 0 Å². The van der Waals surface area contributed by atoms with Crippen LogP contribution in [0.15, 0.2) is 12.3 Å². The van der Waals surface area contributed by atoms with Crippen LogP contribution in [0.2, 0.25) is 0 Å². The van der Waals surface area contributed by atoms with E-state index in [1.165, 1.54) is 0 Å². The molecule has 0 saturated carbocycles. The van der Waals surface area contributed by atoms with Crippen LogP contribution in [-0.2, 0) is 11.3 Å². The number of rotatable bonds is 6. The van der Waals surface area contributed by atoms with Gasteiger partial charge in [0.15, 0.2) is 5.65 Å². The summed E-state index contributed by atoms with van der Waals surface area (Å²) in [5.41, 5.74) is 2.92. The molecular formula is C15H21N3O2. The molecule has 0 saturated heterocycles.